The second-order valence-electron chi connectivity index (χ2n) is 6.26. The van der Waals surface area contributed by atoms with Crippen molar-refractivity contribution in [1.29, 1.82) is 0 Å². The molecule has 0 aromatic heterocycles. The summed E-state index contributed by atoms with van der Waals surface area (Å²) in [5.74, 6) is 0.0600. The lowest BCUT2D eigenvalue weighted by Crippen LogP contribution is -2.31. The van der Waals surface area contributed by atoms with Gasteiger partial charge >= 0.3 is 5.97 Å². The minimum absolute atomic E-state index is 0.0100. The summed E-state index contributed by atoms with van der Waals surface area (Å²) in [5.41, 5.74) is 2.02. The molecule has 27 heavy (non-hydrogen) atoms. The Balaban J connectivity index is 1.91. The molecule has 1 aliphatic carbocycles. The van der Waals surface area contributed by atoms with Crippen molar-refractivity contribution in [3.63, 3.8) is 0 Å². The summed E-state index contributed by atoms with van der Waals surface area (Å²) in [4.78, 5) is 11.8. The van der Waals surface area contributed by atoms with Gasteiger partial charge in [-0.2, -0.15) is 0 Å². The largest absolute Gasteiger partial charge is 0.497 e. The summed E-state index contributed by atoms with van der Waals surface area (Å²) in [5, 5.41) is 0.135. The first kappa shape index (κ1) is 19.7. The van der Waals surface area contributed by atoms with Crippen LogP contribution in [0.25, 0.3) is 0 Å². The molecule has 0 bridgehead atoms. The smallest absolute Gasteiger partial charge is 0.339 e. The minimum Gasteiger partial charge on any atom is -0.497 e. The Morgan fingerprint density at radius 1 is 1.19 bits per heavy atom. The molecule has 0 unspecified atom stereocenters. The molecule has 8 heteroatoms. The van der Waals surface area contributed by atoms with Gasteiger partial charge in [-0.05, 0) is 60.7 Å². The monoisotopic (exact) mass is 409 g/mol. The lowest BCUT2D eigenvalue weighted by molar-refractivity contribution is 0.0600. The highest BCUT2D eigenvalue weighted by molar-refractivity contribution is 7.89. The third-order valence-electron chi connectivity index (χ3n) is 4.62. The van der Waals surface area contributed by atoms with Gasteiger partial charge in [0.25, 0.3) is 0 Å². The number of nitrogens with one attached hydrogen (secondary N) is 1. The Morgan fingerprint density at radius 2 is 1.96 bits per heavy atom. The number of rotatable bonds is 5. The van der Waals surface area contributed by atoms with Crippen LogP contribution in [0.5, 0.6) is 5.75 Å². The fourth-order valence-corrected chi connectivity index (χ4v) is 4.70. The summed E-state index contributed by atoms with van der Waals surface area (Å²) >= 11 is 5.98. The lowest BCUT2D eigenvalue weighted by atomic mass is 9.88. The van der Waals surface area contributed by atoms with Gasteiger partial charge in [-0.3, -0.25) is 0 Å². The molecule has 3 rings (SSSR count). The van der Waals surface area contributed by atoms with Crippen LogP contribution >= 0.6 is 11.6 Å². The van der Waals surface area contributed by atoms with Crippen LogP contribution in [-0.4, -0.2) is 28.6 Å². The number of benzene rings is 2. The Bertz CT molecular complexity index is 974. The highest BCUT2D eigenvalue weighted by atomic mass is 35.5. The summed E-state index contributed by atoms with van der Waals surface area (Å²) < 4.78 is 38.4. The number of aryl methyl sites for hydroxylation is 1. The molecule has 1 atom stereocenters. The van der Waals surface area contributed by atoms with Gasteiger partial charge in [-0.25, -0.2) is 17.9 Å². The number of sulfonamides is 1. The van der Waals surface area contributed by atoms with E-state index in [-0.39, 0.29) is 21.5 Å². The number of carbonyl (C=O) groups excluding carboxylic acids is 1. The van der Waals surface area contributed by atoms with Crippen molar-refractivity contribution >= 4 is 27.6 Å². The third kappa shape index (κ3) is 4.10. The fourth-order valence-electron chi connectivity index (χ4n) is 3.23. The van der Waals surface area contributed by atoms with Gasteiger partial charge in [0.1, 0.15) is 5.75 Å². The lowest BCUT2D eigenvalue weighted by Gasteiger charge is -2.26. The Kier molecular flexibility index (Phi) is 5.74. The number of esters is 1. The van der Waals surface area contributed by atoms with E-state index in [0.717, 1.165) is 29.7 Å². The SMILES string of the molecule is COC(=O)c1cc(S(=O)(=O)N[C@@H]2CCCc3cc(OC)ccc32)ccc1Cl. The van der Waals surface area contributed by atoms with Gasteiger partial charge in [0.05, 0.1) is 29.7 Å². The summed E-state index contributed by atoms with van der Waals surface area (Å²) in [6.45, 7) is 0. The van der Waals surface area contributed by atoms with Crippen molar-refractivity contribution < 1.29 is 22.7 Å². The number of hydrogen-bond acceptors (Lipinski definition) is 5. The van der Waals surface area contributed by atoms with E-state index >= 15 is 0 Å². The van der Waals surface area contributed by atoms with Crippen molar-refractivity contribution in [3.8, 4) is 5.75 Å². The Labute approximate surface area is 163 Å². The summed E-state index contributed by atoms with van der Waals surface area (Å²) in [6.07, 6.45) is 2.43. The van der Waals surface area contributed by atoms with Gasteiger partial charge in [0.15, 0.2) is 0 Å². The van der Waals surface area contributed by atoms with E-state index in [4.69, 9.17) is 16.3 Å². The minimum atomic E-state index is -3.85. The number of carbonyl (C=O) groups is 1. The average molecular weight is 410 g/mol. The van der Waals surface area contributed by atoms with Crippen LogP contribution in [0, 0.1) is 0 Å². The highest BCUT2D eigenvalue weighted by Crippen LogP contribution is 2.33. The number of halogens is 1. The molecule has 0 spiro atoms. The zero-order valence-corrected chi connectivity index (χ0v) is 16.6. The van der Waals surface area contributed by atoms with E-state index in [9.17, 15) is 13.2 Å². The van der Waals surface area contributed by atoms with Gasteiger partial charge in [-0.15, -0.1) is 0 Å². The third-order valence-corrected chi connectivity index (χ3v) is 6.41. The van der Waals surface area contributed by atoms with Crippen LogP contribution < -0.4 is 9.46 Å². The van der Waals surface area contributed by atoms with E-state index in [2.05, 4.69) is 9.46 Å². The van der Waals surface area contributed by atoms with E-state index in [1.807, 2.05) is 18.2 Å². The molecule has 2 aromatic carbocycles. The number of hydrogen-bond donors (Lipinski definition) is 1. The molecule has 1 N–H and O–H groups in total. The first-order chi connectivity index (χ1) is 12.9. The molecular weight excluding hydrogens is 390 g/mol. The molecule has 0 saturated carbocycles. The Morgan fingerprint density at radius 3 is 2.67 bits per heavy atom. The number of methoxy groups -OCH3 is 2. The number of ether oxygens (including phenoxy) is 2. The molecule has 6 nitrogen and oxygen atoms in total. The first-order valence-corrected chi connectivity index (χ1v) is 10.3. The van der Waals surface area contributed by atoms with Crippen molar-refractivity contribution in [2.45, 2.75) is 30.2 Å². The second kappa shape index (κ2) is 7.88. The molecule has 0 radical (unpaired) electrons. The predicted molar refractivity (Wildman–Crippen MR) is 102 cm³/mol. The van der Waals surface area contributed by atoms with Crippen LogP contribution in [0.4, 0.5) is 0 Å². The molecule has 2 aromatic rings. The zero-order valence-electron chi connectivity index (χ0n) is 15.0. The zero-order chi connectivity index (χ0) is 19.6. The second-order valence-corrected chi connectivity index (χ2v) is 8.39. The maximum absolute atomic E-state index is 12.9. The Hall–Kier alpha value is -2.09. The average Bonchev–Trinajstić information content (AvgIpc) is 2.67. The fraction of sp³-hybridized carbons (Fsp3) is 0.316. The van der Waals surface area contributed by atoms with Crippen LogP contribution in [0.3, 0.4) is 0 Å². The first-order valence-electron chi connectivity index (χ1n) is 8.42. The standard InChI is InChI=1S/C19H20ClNO5S/c1-25-13-6-8-15-12(10-13)4-3-5-18(15)21-27(23,24)14-7-9-17(20)16(11-14)19(22)26-2/h6-11,18,21H,3-5H2,1-2H3/t18-/m1/s1. The van der Waals surface area contributed by atoms with Crippen molar-refractivity contribution in [2.75, 3.05) is 14.2 Å². The maximum atomic E-state index is 12.9. The molecule has 0 heterocycles. The molecule has 0 aliphatic heterocycles. The molecular formula is C19H20ClNO5S. The maximum Gasteiger partial charge on any atom is 0.339 e. The molecule has 0 fully saturated rings. The van der Waals surface area contributed by atoms with E-state index in [1.165, 1.54) is 25.3 Å². The van der Waals surface area contributed by atoms with Crippen LogP contribution in [0.15, 0.2) is 41.3 Å². The normalized spacial score (nSPS) is 16.5. The van der Waals surface area contributed by atoms with Gasteiger partial charge in [0, 0.05) is 6.04 Å². The highest BCUT2D eigenvalue weighted by Gasteiger charge is 2.27. The van der Waals surface area contributed by atoms with E-state index < -0.39 is 16.0 Å². The van der Waals surface area contributed by atoms with Gasteiger partial charge < -0.3 is 9.47 Å². The number of fused-ring (bicyclic) bond motifs is 1. The van der Waals surface area contributed by atoms with Crippen LogP contribution in [0.2, 0.25) is 5.02 Å². The summed E-state index contributed by atoms with van der Waals surface area (Å²) in [7, 11) is -1.03. The van der Waals surface area contributed by atoms with Crippen LogP contribution in [0.1, 0.15) is 40.4 Å². The predicted octanol–water partition coefficient (Wildman–Crippen LogP) is 3.49. The van der Waals surface area contributed by atoms with Gasteiger partial charge in [0.2, 0.25) is 10.0 Å². The van der Waals surface area contributed by atoms with E-state index in [0.29, 0.717) is 6.42 Å². The molecule has 144 valence electrons. The molecule has 0 saturated heterocycles. The topological polar surface area (TPSA) is 81.7 Å². The quantitative estimate of drug-likeness (QED) is 0.764. The van der Waals surface area contributed by atoms with Gasteiger partial charge in [-0.1, -0.05) is 17.7 Å². The molecule has 0 amide bonds. The molecule has 1 aliphatic rings. The van der Waals surface area contributed by atoms with E-state index in [1.54, 1.807) is 7.11 Å². The summed E-state index contributed by atoms with van der Waals surface area (Å²) in [6, 6.07) is 9.28. The van der Waals surface area contributed by atoms with Crippen molar-refractivity contribution in [3.05, 3.63) is 58.1 Å². The van der Waals surface area contributed by atoms with Crippen LogP contribution in [-0.2, 0) is 21.2 Å². The van der Waals surface area contributed by atoms with Crippen molar-refractivity contribution in [1.82, 2.24) is 4.72 Å². The van der Waals surface area contributed by atoms with Crippen molar-refractivity contribution in [2.24, 2.45) is 0 Å².